The summed E-state index contributed by atoms with van der Waals surface area (Å²) in [5.41, 5.74) is 0.457. The van der Waals surface area contributed by atoms with Gasteiger partial charge in [-0.05, 0) is 53.0 Å². The third-order valence-electron chi connectivity index (χ3n) is 3.76. The van der Waals surface area contributed by atoms with Crippen LogP contribution in [-0.4, -0.2) is 39.8 Å². The predicted octanol–water partition coefficient (Wildman–Crippen LogP) is 4.16. The lowest BCUT2D eigenvalue weighted by molar-refractivity contribution is 0.0189. The SMILES string of the molecule is C/C=C\C=C(/C)c1noc(C2CCCN(C(=O)OC(C)(C)C)C2)n1. The number of carbonyl (C=O) groups is 1. The van der Waals surface area contributed by atoms with Crippen LogP contribution < -0.4 is 0 Å². The van der Waals surface area contributed by atoms with Crippen LogP contribution in [0.4, 0.5) is 4.79 Å². The van der Waals surface area contributed by atoms with Crippen molar-refractivity contribution in [1.29, 1.82) is 0 Å². The molecule has 0 aromatic carbocycles. The Morgan fingerprint density at radius 1 is 1.42 bits per heavy atom. The van der Waals surface area contributed by atoms with Crippen molar-refractivity contribution < 1.29 is 14.1 Å². The molecule has 1 saturated heterocycles. The average molecular weight is 333 g/mol. The van der Waals surface area contributed by atoms with Crippen LogP contribution in [0.5, 0.6) is 0 Å². The summed E-state index contributed by atoms with van der Waals surface area (Å²) in [5, 5.41) is 4.05. The van der Waals surface area contributed by atoms with Crippen LogP contribution in [0.2, 0.25) is 0 Å². The van der Waals surface area contributed by atoms with Gasteiger partial charge < -0.3 is 14.2 Å². The maximum absolute atomic E-state index is 12.2. The van der Waals surface area contributed by atoms with E-state index in [1.807, 2.05) is 52.8 Å². The minimum absolute atomic E-state index is 0.0574. The summed E-state index contributed by atoms with van der Waals surface area (Å²) in [4.78, 5) is 18.5. The molecular formula is C18H27N3O3. The maximum atomic E-state index is 12.2. The average Bonchev–Trinajstić information content (AvgIpc) is 3.01. The first-order valence-corrected chi connectivity index (χ1v) is 8.41. The molecule has 6 nitrogen and oxygen atoms in total. The predicted molar refractivity (Wildman–Crippen MR) is 92.5 cm³/mol. The number of carbonyl (C=O) groups excluding carboxylic acids is 1. The van der Waals surface area contributed by atoms with Gasteiger partial charge in [-0.25, -0.2) is 4.79 Å². The van der Waals surface area contributed by atoms with Gasteiger partial charge in [-0.2, -0.15) is 4.98 Å². The Hall–Kier alpha value is -2.11. The number of piperidine rings is 1. The van der Waals surface area contributed by atoms with Crippen molar-refractivity contribution in [3.63, 3.8) is 0 Å². The van der Waals surface area contributed by atoms with Gasteiger partial charge in [0.1, 0.15) is 5.60 Å². The van der Waals surface area contributed by atoms with E-state index < -0.39 is 5.60 Å². The lowest BCUT2D eigenvalue weighted by Gasteiger charge is -2.32. The summed E-state index contributed by atoms with van der Waals surface area (Å²) in [6.07, 6.45) is 7.38. The van der Waals surface area contributed by atoms with Crippen molar-refractivity contribution in [2.75, 3.05) is 13.1 Å². The van der Waals surface area contributed by atoms with Crippen molar-refractivity contribution in [2.24, 2.45) is 0 Å². The van der Waals surface area contributed by atoms with E-state index in [1.54, 1.807) is 4.90 Å². The molecular weight excluding hydrogens is 306 g/mol. The van der Waals surface area contributed by atoms with Gasteiger partial charge in [-0.15, -0.1) is 0 Å². The number of nitrogens with zero attached hydrogens (tertiary/aromatic N) is 3. The zero-order valence-electron chi connectivity index (χ0n) is 15.2. The normalized spacial score (nSPS) is 19.8. The molecule has 0 saturated carbocycles. The highest BCUT2D eigenvalue weighted by atomic mass is 16.6. The fourth-order valence-electron chi connectivity index (χ4n) is 2.55. The van der Waals surface area contributed by atoms with Gasteiger partial charge in [-0.1, -0.05) is 23.4 Å². The van der Waals surface area contributed by atoms with Crippen LogP contribution in [0.25, 0.3) is 5.57 Å². The highest BCUT2D eigenvalue weighted by Gasteiger charge is 2.31. The van der Waals surface area contributed by atoms with E-state index in [4.69, 9.17) is 9.26 Å². The Bertz CT molecular complexity index is 626. The topological polar surface area (TPSA) is 68.5 Å². The summed E-state index contributed by atoms with van der Waals surface area (Å²) in [6.45, 7) is 10.8. The molecule has 0 bridgehead atoms. The molecule has 2 heterocycles. The number of allylic oxidation sites excluding steroid dienone is 4. The number of rotatable bonds is 3. The van der Waals surface area contributed by atoms with Gasteiger partial charge in [0.15, 0.2) is 5.82 Å². The molecule has 24 heavy (non-hydrogen) atoms. The molecule has 0 spiro atoms. The van der Waals surface area contributed by atoms with Crippen molar-refractivity contribution in [3.05, 3.63) is 29.9 Å². The van der Waals surface area contributed by atoms with Crippen molar-refractivity contribution in [3.8, 4) is 0 Å². The van der Waals surface area contributed by atoms with E-state index in [-0.39, 0.29) is 12.0 Å². The van der Waals surface area contributed by atoms with Crippen LogP contribution in [0, 0.1) is 0 Å². The Labute approximate surface area is 143 Å². The minimum atomic E-state index is -0.490. The van der Waals surface area contributed by atoms with E-state index in [0.717, 1.165) is 18.4 Å². The summed E-state index contributed by atoms with van der Waals surface area (Å²) in [5.74, 6) is 1.24. The molecule has 0 radical (unpaired) electrons. The molecule has 1 aliphatic heterocycles. The van der Waals surface area contributed by atoms with Crippen LogP contribution >= 0.6 is 0 Å². The third kappa shape index (κ3) is 4.94. The second-order valence-corrected chi connectivity index (χ2v) is 7.10. The number of hydrogen-bond acceptors (Lipinski definition) is 5. The lowest BCUT2D eigenvalue weighted by atomic mass is 9.98. The molecule has 1 aliphatic rings. The Morgan fingerprint density at radius 2 is 2.17 bits per heavy atom. The van der Waals surface area contributed by atoms with E-state index >= 15 is 0 Å². The minimum Gasteiger partial charge on any atom is -0.444 e. The fourth-order valence-corrected chi connectivity index (χ4v) is 2.55. The molecule has 132 valence electrons. The van der Waals surface area contributed by atoms with Crippen LogP contribution in [0.1, 0.15) is 65.1 Å². The number of amides is 1. The van der Waals surface area contributed by atoms with Gasteiger partial charge in [-0.3, -0.25) is 0 Å². The van der Waals surface area contributed by atoms with Crippen LogP contribution in [0.3, 0.4) is 0 Å². The first-order chi connectivity index (χ1) is 11.3. The van der Waals surface area contributed by atoms with Gasteiger partial charge in [0.05, 0.1) is 5.92 Å². The van der Waals surface area contributed by atoms with Gasteiger partial charge in [0.25, 0.3) is 0 Å². The van der Waals surface area contributed by atoms with E-state index in [0.29, 0.717) is 24.8 Å². The van der Waals surface area contributed by atoms with Crippen LogP contribution in [-0.2, 0) is 4.74 Å². The highest BCUT2D eigenvalue weighted by Crippen LogP contribution is 2.27. The number of ether oxygens (including phenoxy) is 1. The molecule has 1 unspecified atom stereocenters. The van der Waals surface area contributed by atoms with E-state index in [2.05, 4.69) is 10.1 Å². The van der Waals surface area contributed by atoms with Crippen molar-refractivity contribution in [2.45, 2.75) is 59.0 Å². The molecule has 2 rings (SSSR count). The first-order valence-electron chi connectivity index (χ1n) is 8.41. The molecule has 1 fully saturated rings. The number of likely N-dealkylation sites (tertiary alicyclic amines) is 1. The Balaban J connectivity index is 2.05. The zero-order valence-corrected chi connectivity index (χ0v) is 15.2. The van der Waals surface area contributed by atoms with Gasteiger partial charge >= 0.3 is 6.09 Å². The largest absolute Gasteiger partial charge is 0.444 e. The smallest absolute Gasteiger partial charge is 0.410 e. The Kier molecular flexibility index (Phi) is 5.80. The quantitative estimate of drug-likeness (QED) is 0.777. The second kappa shape index (κ2) is 7.64. The van der Waals surface area contributed by atoms with Crippen LogP contribution in [0.15, 0.2) is 22.8 Å². The zero-order chi connectivity index (χ0) is 17.7. The summed E-state index contributed by atoms with van der Waals surface area (Å²) in [7, 11) is 0. The van der Waals surface area contributed by atoms with Gasteiger partial charge in [0.2, 0.25) is 5.89 Å². The molecule has 1 aromatic heterocycles. The first kappa shape index (κ1) is 18.2. The molecule has 0 N–H and O–H groups in total. The third-order valence-corrected chi connectivity index (χ3v) is 3.76. The van der Waals surface area contributed by atoms with Gasteiger partial charge in [0, 0.05) is 13.1 Å². The molecule has 1 amide bonds. The monoisotopic (exact) mass is 333 g/mol. The second-order valence-electron chi connectivity index (χ2n) is 7.10. The standard InChI is InChI=1S/C18H27N3O3/c1-6-7-9-13(2)15-19-16(24-20-15)14-10-8-11-21(12-14)17(22)23-18(3,4)5/h6-7,9,14H,8,10-12H2,1-5H3/b7-6-,13-9+. The summed E-state index contributed by atoms with van der Waals surface area (Å²) in [6, 6.07) is 0. The Morgan fingerprint density at radius 3 is 2.83 bits per heavy atom. The molecule has 1 atom stereocenters. The number of hydrogen-bond donors (Lipinski definition) is 0. The van der Waals surface area contributed by atoms with E-state index in [9.17, 15) is 4.79 Å². The summed E-state index contributed by atoms with van der Waals surface area (Å²) >= 11 is 0. The molecule has 0 aliphatic carbocycles. The molecule has 6 heteroatoms. The van der Waals surface area contributed by atoms with E-state index in [1.165, 1.54) is 0 Å². The van der Waals surface area contributed by atoms with Crippen molar-refractivity contribution >= 4 is 11.7 Å². The lowest BCUT2D eigenvalue weighted by Crippen LogP contribution is -2.42. The fraction of sp³-hybridized carbons (Fsp3) is 0.611. The van der Waals surface area contributed by atoms with Crippen molar-refractivity contribution in [1.82, 2.24) is 15.0 Å². The maximum Gasteiger partial charge on any atom is 0.410 e. The number of aromatic nitrogens is 2. The highest BCUT2D eigenvalue weighted by molar-refractivity contribution is 5.68. The molecule has 1 aromatic rings. The summed E-state index contributed by atoms with van der Waals surface area (Å²) < 4.78 is 10.9.